The van der Waals surface area contributed by atoms with Crippen LogP contribution in [0.1, 0.15) is 0 Å². The van der Waals surface area contributed by atoms with Crippen LogP contribution in [-0.2, 0) is 0 Å². The van der Waals surface area contributed by atoms with Gasteiger partial charge in [-0.25, -0.2) is 9.97 Å². The molecule has 0 N–H and O–H groups in total. The summed E-state index contributed by atoms with van der Waals surface area (Å²) in [6.07, 6.45) is 0. The average molecular weight is 719 g/mol. The van der Waals surface area contributed by atoms with E-state index in [4.69, 9.17) is 29.9 Å². The molecule has 0 bridgehead atoms. The number of hydrogen-bond acceptors (Lipinski definition) is 6. The fourth-order valence-electron chi connectivity index (χ4n) is 7.73. The molecule has 0 aliphatic heterocycles. The molecule has 8 heteroatoms. The van der Waals surface area contributed by atoms with Crippen LogP contribution in [0.3, 0.4) is 0 Å². The Kier molecular flexibility index (Phi) is 7.31. The molecule has 262 valence electrons. The maximum atomic E-state index is 5.22. The number of para-hydroxylation sites is 2. The molecule has 4 aromatic heterocycles. The van der Waals surface area contributed by atoms with Crippen molar-refractivity contribution in [2.75, 3.05) is 0 Å². The summed E-state index contributed by atoms with van der Waals surface area (Å²) in [4.78, 5) is 30.7. The van der Waals surface area contributed by atoms with E-state index in [9.17, 15) is 0 Å². The third-order valence-electron chi connectivity index (χ3n) is 10.2. The van der Waals surface area contributed by atoms with Gasteiger partial charge in [0, 0.05) is 43.8 Å². The molecule has 0 saturated heterocycles. The topological polar surface area (TPSA) is 87.2 Å². The zero-order chi connectivity index (χ0) is 37.0. The molecule has 0 atom stereocenters. The summed E-state index contributed by atoms with van der Waals surface area (Å²) in [6.45, 7) is 0. The van der Waals surface area contributed by atoms with Gasteiger partial charge in [0.05, 0.1) is 22.1 Å². The van der Waals surface area contributed by atoms with E-state index in [2.05, 4.69) is 69.8 Å². The molecule has 4 heterocycles. The van der Waals surface area contributed by atoms with Gasteiger partial charge in [-0.1, -0.05) is 164 Å². The first-order valence-corrected chi connectivity index (χ1v) is 18.5. The summed E-state index contributed by atoms with van der Waals surface area (Å²) >= 11 is 0. The monoisotopic (exact) mass is 718 g/mol. The number of benzene rings is 7. The minimum absolute atomic E-state index is 0.531. The Labute approximate surface area is 321 Å². The van der Waals surface area contributed by atoms with Gasteiger partial charge in [-0.2, -0.15) is 19.9 Å². The molecule has 0 radical (unpaired) electrons. The van der Waals surface area contributed by atoms with Gasteiger partial charge < -0.3 is 0 Å². The Balaban J connectivity index is 1.25. The molecule has 0 aliphatic carbocycles. The Morgan fingerprint density at radius 3 is 1.11 bits per heavy atom. The van der Waals surface area contributed by atoms with Crippen molar-refractivity contribution >= 4 is 43.6 Å². The number of aromatic nitrogens is 8. The zero-order valence-electron chi connectivity index (χ0n) is 29.9. The Morgan fingerprint density at radius 2 is 0.643 bits per heavy atom. The highest BCUT2D eigenvalue weighted by Crippen LogP contribution is 2.41. The van der Waals surface area contributed by atoms with Crippen LogP contribution in [0.4, 0.5) is 0 Å². The Bertz CT molecular complexity index is 3110. The summed E-state index contributed by atoms with van der Waals surface area (Å²) in [5.74, 6) is 3.46. The van der Waals surface area contributed by atoms with Crippen LogP contribution in [-0.4, -0.2) is 39.0 Å². The molecule has 0 aliphatic rings. The predicted molar refractivity (Wildman–Crippen MR) is 224 cm³/mol. The third kappa shape index (κ3) is 5.15. The molecule has 11 aromatic rings. The minimum Gasteiger partial charge on any atom is -0.278 e. The van der Waals surface area contributed by atoms with E-state index in [-0.39, 0.29) is 0 Å². The van der Waals surface area contributed by atoms with Crippen LogP contribution in [0.2, 0.25) is 0 Å². The molecule has 8 nitrogen and oxygen atoms in total. The maximum absolute atomic E-state index is 5.22. The van der Waals surface area contributed by atoms with Crippen molar-refractivity contribution in [1.82, 2.24) is 39.0 Å². The zero-order valence-corrected chi connectivity index (χ0v) is 29.9. The lowest BCUT2D eigenvalue weighted by Gasteiger charge is -2.12. The van der Waals surface area contributed by atoms with E-state index in [1.807, 2.05) is 121 Å². The van der Waals surface area contributed by atoms with Crippen LogP contribution >= 0.6 is 0 Å². The quantitative estimate of drug-likeness (QED) is 0.170. The van der Waals surface area contributed by atoms with Gasteiger partial charge >= 0.3 is 0 Å². The van der Waals surface area contributed by atoms with Crippen LogP contribution < -0.4 is 0 Å². The number of rotatable bonds is 6. The van der Waals surface area contributed by atoms with Crippen LogP contribution in [0.5, 0.6) is 0 Å². The molecule has 7 aromatic carbocycles. The van der Waals surface area contributed by atoms with Gasteiger partial charge in [0.15, 0.2) is 23.3 Å². The maximum Gasteiger partial charge on any atom is 0.238 e. The summed E-state index contributed by atoms with van der Waals surface area (Å²) in [5, 5.41) is 4.28. The Morgan fingerprint density at radius 1 is 0.268 bits per heavy atom. The van der Waals surface area contributed by atoms with Gasteiger partial charge in [0.25, 0.3) is 0 Å². The first kappa shape index (κ1) is 31.7. The van der Waals surface area contributed by atoms with E-state index >= 15 is 0 Å². The normalized spacial score (nSPS) is 11.6. The van der Waals surface area contributed by atoms with Crippen molar-refractivity contribution in [3.8, 4) is 57.4 Å². The van der Waals surface area contributed by atoms with Crippen molar-refractivity contribution in [2.45, 2.75) is 0 Å². The fourth-order valence-corrected chi connectivity index (χ4v) is 7.73. The molecule has 0 fully saturated rings. The van der Waals surface area contributed by atoms with Crippen molar-refractivity contribution in [3.05, 3.63) is 182 Å². The van der Waals surface area contributed by atoms with Crippen LogP contribution in [0.15, 0.2) is 182 Å². The second-order valence-electron chi connectivity index (χ2n) is 13.6. The molecule has 56 heavy (non-hydrogen) atoms. The van der Waals surface area contributed by atoms with Crippen LogP contribution in [0.25, 0.3) is 101 Å². The summed E-state index contributed by atoms with van der Waals surface area (Å²) in [6, 6.07) is 61.6. The van der Waals surface area contributed by atoms with Gasteiger partial charge in [0.1, 0.15) is 0 Å². The lowest BCUT2D eigenvalue weighted by Crippen LogP contribution is -2.07. The second-order valence-corrected chi connectivity index (χ2v) is 13.6. The number of nitrogens with zero attached hydrogens (tertiary/aromatic N) is 8. The van der Waals surface area contributed by atoms with Gasteiger partial charge in [0.2, 0.25) is 11.9 Å². The van der Waals surface area contributed by atoms with Crippen LogP contribution in [0, 0.1) is 0 Å². The van der Waals surface area contributed by atoms with Gasteiger partial charge in [-0.3, -0.25) is 9.13 Å². The number of fused-ring (bicyclic) bond motifs is 7. The van der Waals surface area contributed by atoms with E-state index in [0.29, 0.717) is 35.2 Å². The molecule has 0 amide bonds. The predicted octanol–water partition coefficient (Wildman–Crippen LogP) is 10.9. The SMILES string of the molecule is c1ccc(-c2nc(-c3ccccc3)nc(-n3c4ccccc4c4c3ccc3c5ccccc5n(-c5nc(-c6ccccc6)nc(-c6ccccc6)n5)c34)n2)cc1. The lowest BCUT2D eigenvalue weighted by molar-refractivity contribution is 0.951. The smallest absolute Gasteiger partial charge is 0.238 e. The number of hydrogen-bond donors (Lipinski definition) is 0. The van der Waals surface area contributed by atoms with E-state index in [1.165, 1.54) is 0 Å². The van der Waals surface area contributed by atoms with E-state index in [1.54, 1.807) is 0 Å². The molecule has 11 rings (SSSR count). The molecular weight excluding hydrogens is 689 g/mol. The average Bonchev–Trinajstić information content (AvgIpc) is 3.80. The first-order chi connectivity index (χ1) is 27.8. The molecule has 0 unspecified atom stereocenters. The van der Waals surface area contributed by atoms with Crippen molar-refractivity contribution in [1.29, 1.82) is 0 Å². The van der Waals surface area contributed by atoms with Crippen molar-refractivity contribution < 1.29 is 0 Å². The highest BCUT2D eigenvalue weighted by Gasteiger charge is 2.24. The van der Waals surface area contributed by atoms with E-state index < -0.39 is 0 Å². The fraction of sp³-hybridized carbons (Fsp3) is 0. The molecule has 0 spiro atoms. The van der Waals surface area contributed by atoms with Gasteiger partial charge in [-0.05, 0) is 18.2 Å². The largest absolute Gasteiger partial charge is 0.278 e. The van der Waals surface area contributed by atoms with Crippen molar-refractivity contribution in [2.24, 2.45) is 0 Å². The second kappa shape index (κ2) is 12.9. The Hall–Kier alpha value is -7.84. The van der Waals surface area contributed by atoms with Crippen molar-refractivity contribution in [3.63, 3.8) is 0 Å². The molecule has 0 saturated carbocycles. The summed E-state index contributed by atoms with van der Waals surface area (Å²) in [7, 11) is 0. The summed E-state index contributed by atoms with van der Waals surface area (Å²) < 4.78 is 4.35. The van der Waals surface area contributed by atoms with Gasteiger partial charge in [-0.15, -0.1) is 0 Å². The minimum atomic E-state index is 0.531. The molecular formula is C48H30N8. The standard InChI is InChI=1S/C48H30N8/c1-5-17-31(18-6-1)43-49-44(32-19-7-2-8-20-32)52-47(51-43)55-39-28-16-14-26-37(39)41-40(55)30-29-36-35-25-13-15-27-38(35)56(42(36)41)48-53-45(33-21-9-3-10-22-33)50-46(54-48)34-23-11-4-12-24-34/h1-30H. The highest BCUT2D eigenvalue weighted by molar-refractivity contribution is 6.26. The lowest BCUT2D eigenvalue weighted by atomic mass is 10.1. The summed E-state index contributed by atoms with van der Waals surface area (Å²) in [5.41, 5.74) is 7.56. The third-order valence-corrected chi connectivity index (χ3v) is 10.2. The highest BCUT2D eigenvalue weighted by atomic mass is 15.2. The first-order valence-electron chi connectivity index (χ1n) is 18.5. The van der Waals surface area contributed by atoms with E-state index in [0.717, 1.165) is 65.9 Å².